The van der Waals surface area contributed by atoms with Crippen LogP contribution in [0.5, 0.6) is 0 Å². The Morgan fingerprint density at radius 1 is 1.05 bits per heavy atom. The predicted octanol–water partition coefficient (Wildman–Crippen LogP) is 3.77. The first-order chi connectivity index (χ1) is 9.22. The van der Waals surface area contributed by atoms with Crippen molar-refractivity contribution in [1.82, 2.24) is 5.43 Å². The third-order valence-electron chi connectivity index (χ3n) is 4.94. The van der Waals surface area contributed by atoms with E-state index in [9.17, 15) is 0 Å². The molecule has 3 N–H and O–H groups in total. The van der Waals surface area contributed by atoms with Gasteiger partial charge in [0.05, 0.1) is 11.6 Å². The number of nitrogens with two attached hydrogens (primary N) is 1. The first kappa shape index (κ1) is 16.9. The van der Waals surface area contributed by atoms with Crippen molar-refractivity contribution in [2.24, 2.45) is 11.8 Å². The third-order valence-corrected chi connectivity index (χ3v) is 4.94. The standard InChI is InChI=1S/C16H34N2O/c1-4-14(5-2)13-15(18-17)16(19-6-3)11-9-7-8-10-12-16/h14-15,18H,4-13,17H2,1-3H3. The summed E-state index contributed by atoms with van der Waals surface area (Å²) >= 11 is 0. The molecule has 0 spiro atoms. The molecular formula is C16H34N2O. The van der Waals surface area contributed by atoms with Crippen LogP contribution in [0.15, 0.2) is 0 Å². The zero-order chi connectivity index (χ0) is 14.1. The molecule has 1 aliphatic carbocycles. The van der Waals surface area contributed by atoms with Crippen molar-refractivity contribution in [1.29, 1.82) is 0 Å². The molecule has 0 aromatic rings. The third kappa shape index (κ3) is 4.73. The monoisotopic (exact) mass is 270 g/mol. The highest BCUT2D eigenvalue weighted by molar-refractivity contribution is 4.94. The molecule has 0 radical (unpaired) electrons. The lowest BCUT2D eigenvalue weighted by Gasteiger charge is -2.41. The van der Waals surface area contributed by atoms with Crippen molar-refractivity contribution in [3.05, 3.63) is 0 Å². The zero-order valence-electron chi connectivity index (χ0n) is 13.2. The molecule has 1 atom stereocenters. The highest BCUT2D eigenvalue weighted by Crippen LogP contribution is 2.36. The van der Waals surface area contributed by atoms with E-state index < -0.39 is 0 Å². The minimum Gasteiger partial charge on any atom is -0.374 e. The molecule has 1 rings (SSSR count). The van der Waals surface area contributed by atoms with E-state index in [4.69, 9.17) is 10.6 Å². The Bertz CT molecular complexity index is 221. The lowest BCUT2D eigenvalue weighted by molar-refractivity contribution is -0.0818. The second-order valence-electron chi connectivity index (χ2n) is 6.05. The second kappa shape index (κ2) is 8.93. The van der Waals surface area contributed by atoms with Gasteiger partial charge in [-0.05, 0) is 32.1 Å². The van der Waals surface area contributed by atoms with Gasteiger partial charge in [0.15, 0.2) is 0 Å². The fourth-order valence-corrected chi connectivity index (χ4v) is 3.60. The van der Waals surface area contributed by atoms with Crippen LogP contribution in [-0.4, -0.2) is 18.2 Å². The Kier molecular flexibility index (Phi) is 7.96. The van der Waals surface area contributed by atoms with Crippen molar-refractivity contribution in [3.63, 3.8) is 0 Å². The smallest absolute Gasteiger partial charge is 0.0848 e. The molecule has 1 unspecified atom stereocenters. The van der Waals surface area contributed by atoms with Crippen LogP contribution in [0.3, 0.4) is 0 Å². The van der Waals surface area contributed by atoms with E-state index in [1.807, 2.05) is 0 Å². The van der Waals surface area contributed by atoms with Crippen molar-refractivity contribution in [2.45, 2.75) is 90.2 Å². The Hall–Kier alpha value is -0.120. The summed E-state index contributed by atoms with van der Waals surface area (Å²) in [7, 11) is 0. The molecular weight excluding hydrogens is 236 g/mol. The quantitative estimate of drug-likeness (QED) is 0.401. The van der Waals surface area contributed by atoms with Crippen LogP contribution in [0.4, 0.5) is 0 Å². The highest BCUT2D eigenvalue weighted by atomic mass is 16.5. The molecule has 0 aromatic carbocycles. The maximum Gasteiger partial charge on any atom is 0.0848 e. The first-order valence-electron chi connectivity index (χ1n) is 8.32. The maximum atomic E-state index is 6.25. The topological polar surface area (TPSA) is 47.3 Å². The molecule has 0 bridgehead atoms. The molecule has 114 valence electrons. The maximum absolute atomic E-state index is 6.25. The summed E-state index contributed by atoms with van der Waals surface area (Å²) in [5, 5.41) is 0. The van der Waals surface area contributed by atoms with Gasteiger partial charge < -0.3 is 4.74 Å². The predicted molar refractivity (Wildman–Crippen MR) is 81.9 cm³/mol. The van der Waals surface area contributed by atoms with Crippen molar-refractivity contribution in [3.8, 4) is 0 Å². The van der Waals surface area contributed by atoms with Crippen LogP contribution < -0.4 is 11.3 Å². The van der Waals surface area contributed by atoms with E-state index in [0.29, 0.717) is 6.04 Å². The largest absolute Gasteiger partial charge is 0.374 e. The molecule has 0 heterocycles. The SMILES string of the molecule is CCOC1(C(CC(CC)CC)NN)CCCCCC1. The summed E-state index contributed by atoms with van der Waals surface area (Å²) in [5.41, 5.74) is 3.07. The summed E-state index contributed by atoms with van der Waals surface area (Å²) in [5.74, 6) is 6.65. The van der Waals surface area contributed by atoms with E-state index in [0.717, 1.165) is 31.8 Å². The Morgan fingerprint density at radius 3 is 2.05 bits per heavy atom. The molecule has 1 aliphatic rings. The number of hydrogen-bond acceptors (Lipinski definition) is 3. The summed E-state index contributed by atoms with van der Waals surface area (Å²) in [6, 6.07) is 0.301. The van der Waals surface area contributed by atoms with Gasteiger partial charge in [0, 0.05) is 6.61 Å². The minimum absolute atomic E-state index is 0.0252. The number of ether oxygens (including phenoxy) is 1. The Balaban J connectivity index is 2.79. The Morgan fingerprint density at radius 2 is 1.63 bits per heavy atom. The van der Waals surface area contributed by atoms with Crippen molar-refractivity contribution < 1.29 is 4.74 Å². The van der Waals surface area contributed by atoms with Gasteiger partial charge in [0.1, 0.15) is 0 Å². The van der Waals surface area contributed by atoms with Gasteiger partial charge >= 0.3 is 0 Å². The van der Waals surface area contributed by atoms with E-state index >= 15 is 0 Å². The van der Waals surface area contributed by atoms with Crippen LogP contribution >= 0.6 is 0 Å². The first-order valence-corrected chi connectivity index (χ1v) is 8.32. The van der Waals surface area contributed by atoms with E-state index in [1.165, 1.54) is 38.5 Å². The average molecular weight is 270 g/mol. The Labute approximate surface area is 119 Å². The molecule has 0 saturated heterocycles. The zero-order valence-corrected chi connectivity index (χ0v) is 13.2. The van der Waals surface area contributed by atoms with Crippen LogP contribution in [0.2, 0.25) is 0 Å². The fraction of sp³-hybridized carbons (Fsp3) is 1.00. The molecule has 1 saturated carbocycles. The summed E-state index contributed by atoms with van der Waals surface area (Å²) in [4.78, 5) is 0. The molecule has 3 heteroatoms. The number of rotatable bonds is 8. The summed E-state index contributed by atoms with van der Waals surface area (Å²) in [6.07, 6.45) is 11.2. The van der Waals surface area contributed by atoms with Crippen molar-refractivity contribution >= 4 is 0 Å². The number of nitrogens with one attached hydrogen (secondary N) is 1. The van der Waals surface area contributed by atoms with Gasteiger partial charge in [-0.15, -0.1) is 0 Å². The van der Waals surface area contributed by atoms with Crippen molar-refractivity contribution in [2.75, 3.05) is 6.61 Å². The van der Waals surface area contributed by atoms with E-state index in [2.05, 4.69) is 26.2 Å². The van der Waals surface area contributed by atoms with E-state index in [1.54, 1.807) is 0 Å². The van der Waals surface area contributed by atoms with Crippen LogP contribution in [0, 0.1) is 5.92 Å². The minimum atomic E-state index is -0.0252. The summed E-state index contributed by atoms with van der Waals surface area (Å²) in [6.45, 7) is 7.46. The second-order valence-corrected chi connectivity index (χ2v) is 6.05. The van der Waals surface area contributed by atoms with Gasteiger partial charge in [0.2, 0.25) is 0 Å². The van der Waals surface area contributed by atoms with Crippen LogP contribution in [0.1, 0.15) is 78.6 Å². The van der Waals surface area contributed by atoms with Gasteiger partial charge in [-0.1, -0.05) is 52.4 Å². The van der Waals surface area contributed by atoms with Crippen LogP contribution in [0.25, 0.3) is 0 Å². The molecule has 0 aromatic heterocycles. The normalized spacial score (nSPS) is 21.3. The molecule has 19 heavy (non-hydrogen) atoms. The average Bonchev–Trinajstić information content (AvgIpc) is 2.67. The number of hydrazine groups is 1. The number of hydrogen-bond donors (Lipinski definition) is 2. The lowest BCUT2D eigenvalue weighted by atomic mass is 9.80. The van der Waals surface area contributed by atoms with Crippen LogP contribution in [-0.2, 0) is 4.74 Å². The molecule has 0 amide bonds. The highest BCUT2D eigenvalue weighted by Gasteiger charge is 2.39. The molecule has 3 nitrogen and oxygen atoms in total. The van der Waals surface area contributed by atoms with Gasteiger partial charge in [0.25, 0.3) is 0 Å². The fourth-order valence-electron chi connectivity index (χ4n) is 3.60. The van der Waals surface area contributed by atoms with Gasteiger partial charge in [-0.25, -0.2) is 0 Å². The van der Waals surface area contributed by atoms with Gasteiger partial charge in [-0.2, -0.15) is 0 Å². The lowest BCUT2D eigenvalue weighted by Crippen LogP contribution is -2.55. The molecule has 0 aliphatic heterocycles. The van der Waals surface area contributed by atoms with Gasteiger partial charge in [-0.3, -0.25) is 11.3 Å². The molecule has 1 fully saturated rings. The summed E-state index contributed by atoms with van der Waals surface area (Å²) < 4.78 is 6.25. The van der Waals surface area contributed by atoms with E-state index in [-0.39, 0.29) is 5.60 Å².